The monoisotopic (exact) mass is 804 g/mol. The third-order valence-electron chi connectivity index (χ3n) is 9.23. The summed E-state index contributed by atoms with van der Waals surface area (Å²) in [4.78, 5) is 75.8. The minimum atomic E-state index is -3.30. The summed E-state index contributed by atoms with van der Waals surface area (Å²) in [5.74, 6) is -2.21. The van der Waals surface area contributed by atoms with E-state index in [0.717, 1.165) is 16.5 Å². The highest BCUT2D eigenvalue weighted by atomic mass is 32.2. The second-order valence-corrected chi connectivity index (χ2v) is 15.8. The predicted molar refractivity (Wildman–Crippen MR) is 210 cm³/mol. The van der Waals surface area contributed by atoms with Crippen LogP contribution in [0.2, 0.25) is 0 Å². The van der Waals surface area contributed by atoms with Gasteiger partial charge in [0, 0.05) is 35.4 Å². The number of hydrogen-bond donors (Lipinski definition) is 6. The molecule has 17 nitrogen and oxygen atoms in total. The number of primary amides is 1. The van der Waals surface area contributed by atoms with Crippen molar-refractivity contribution in [3.8, 4) is 0 Å². The van der Waals surface area contributed by atoms with Crippen molar-refractivity contribution < 1.29 is 46.3 Å². The number of carbonyl (C=O) groups excluding carboxylic acids is 5. The Kier molecular flexibility index (Phi) is 14.2. The Labute approximate surface area is 328 Å². The molecule has 57 heavy (non-hydrogen) atoms. The number of amides is 6. The quantitative estimate of drug-likeness (QED) is 0.0744. The standard InChI is InChI=1S/C39H44N6O11S/c1-24-20-33(46)56-32-21-29(13-14-30(24)32)43-38(50)54-23-26-9-11-28(12-10-26)42-35(47)31(8-5-17-41-37(40)49)44-36(48)34(27-15-18-57(52,53)19-16-27)45-39(51)55-22-25-6-3-2-4-7-25/h2-4,6-7,9-14,20-21,27,31,34H,5,8,15-19,22-23H2,1H3,(H,42,47)(H,43,50)(H,44,48)(H,45,51)(H3,40,41,49)/t31-,34?/m0/s1. The zero-order valence-electron chi connectivity index (χ0n) is 31.1. The lowest BCUT2D eigenvalue weighted by molar-refractivity contribution is -0.129. The molecular formula is C39H44N6O11S. The van der Waals surface area contributed by atoms with Crippen LogP contribution < -0.4 is 37.9 Å². The number of benzene rings is 3. The molecule has 1 aliphatic heterocycles. The van der Waals surface area contributed by atoms with E-state index in [1.165, 1.54) is 12.1 Å². The molecule has 0 aliphatic carbocycles. The van der Waals surface area contributed by atoms with E-state index in [9.17, 15) is 37.2 Å². The number of hydrogen-bond acceptors (Lipinski definition) is 11. The normalized spacial score (nSPS) is 14.7. The molecule has 6 amide bonds. The highest BCUT2D eigenvalue weighted by Crippen LogP contribution is 2.24. The number of aryl methyl sites for hydroxylation is 1. The van der Waals surface area contributed by atoms with E-state index in [0.29, 0.717) is 22.5 Å². The van der Waals surface area contributed by atoms with Crippen LogP contribution >= 0.6 is 0 Å². The van der Waals surface area contributed by atoms with Crippen LogP contribution in [0.15, 0.2) is 88.1 Å². The van der Waals surface area contributed by atoms with E-state index in [4.69, 9.17) is 19.6 Å². The van der Waals surface area contributed by atoms with Gasteiger partial charge in [0.05, 0.1) is 11.5 Å². The summed E-state index contributed by atoms with van der Waals surface area (Å²) < 4.78 is 40.2. The molecule has 4 aromatic rings. The van der Waals surface area contributed by atoms with Crippen molar-refractivity contribution in [3.05, 3.63) is 106 Å². The molecule has 1 aliphatic rings. The molecule has 1 saturated heterocycles. The molecule has 5 rings (SSSR count). The maximum Gasteiger partial charge on any atom is 0.411 e. The number of carbonyl (C=O) groups is 5. The van der Waals surface area contributed by atoms with E-state index in [1.807, 2.05) is 6.07 Å². The Balaban J connectivity index is 1.20. The first kappa shape index (κ1) is 41.7. The Hall–Kier alpha value is -6.43. The van der Waals surface area contributed by atoms with E-state index in [2.05, 4.69) is 26.6 Å². The van der Waals surface area contributed by atoms with E-state index in [1.54, 1.807) is 67.6 Å². The molecule has 18 heteroatoms. The summed E-state index contributed by atoms with van der Waals surface area (Å²) >= 11 is 0. The summed E-state index contributed by atoms with van der Waals surface area (Å²) in [5.41, 5.74) is 7.75. The van der Waals surface area contributed by atoms with Gasteiger partial charge < -0.3 is 40.9 Å². The van der Waals surface area contributed by atoms with E-state index < -0.39 is 63.5 Å². The van der Waals surface area contributed by atoms with Crippen molar-refractivity contribution >= 4 is 62.2 Å². The molecular weight excluding hydrogens is 761 g/mol. The summed E-state index contributed by atoms with van der Waals surface area (Å²) in [6, 6.07) is 18.4. The Morgan fingerprint density at radius 2 is 1.46 bits per heavy atom. The van der Waals surface area contributed by atoms with Crippen LogP contribution in [0.25, 0.3) is 11.0 Å². The van der Waals surface area contributed by atoms with Crippen molar-refractivity contribution in [2.75, 3.05) is 28.7 Å². The van der Waals surface area contributed by atoms with Crippen LogP contribution in [0.3, 0.4) is 0 Å². The molecule has 0 radical (unpaired) electrons. The smallest absolute Gasteiger partial charge is 0.411 e. The lowest BCUT2D eigenvalue weighted by Gasteiger charge is -2.31. The van der Waals surface area contributed by atoms with Gasteiger partial charge in [0.1, 0.15) is 40.7 Å². The number of nitrogens with one attached hydrogen (secondary N) is 5. The van der Waals surface area contributed by atoms with Gasteiger partial charge in [-0.1, -0.05) is 42.5 Å². The van der Waals surface area contributed by atoms with Crippen LogP contribution in [0.4, 0.5) is 25.8 Å². The topological polar surface area (TPSA) is 254 Å². The molecule has 3 aromatic carbocycles. The molecule has 1 aromatic heterocycles. The van der Waals surface area contributed by atoms with E-state index in [-0.39, 0.29) is 56.9 Å². The molecule has 0 bridgehead atoms. The van der Waals surface area contributed by atoms with Crippen molar-refractivity contribution in [1.82, 2.24) is 16.0 Å². The van der Waals surface area contributed by atoms with Gasteiger partial charge in [-0.25, -0.2) is 27.6 Å². The SMILES string of the molecule is Cc1cc(=O)oc2cc(NC(=O)OCc3ccc(NC(=O)[C@H](CCCNC(N)=O)NC(=O)C(NC(=O)OCc4ccccc4)C4CCS(=O)(=O)CC4)cc3)ccc12. The van der Waals surface area contributed by atoms with Gasteiger partial charge in [0.25, 0.3) is 0 Å². The second-order valence-electron chi connectivity index (χ2n) is 13.5. The summed E-state index contributed by atoms with van der Waals surface area (Å²) in [7, 11) is -3.30. The fraction of sp³-hybridized carbons (Fsp3) is 0.333. The first-order valence-corrected chi connectivity index (χ1v) is 20.0. The molecule has 0 spiro atoms. The third kappa shape index (κ3) is 12.8. The highest BCUT2D eigenvalue weighted by Gasteiger charge is 2.36. The van der Waals surface area contributed by atoms with Crippen LogP contribution in [-0.4, -0.2) is 68.6 Å². The van der Waals surface area contributed by atoms with Crippen molar-refractivity contribution in [2.45, 2.75) is 57.9 Å². The zero-order valence-corrected chi connectivity index (χ0v) is 31.9. The van der Waals surface area contributed by atoms with Crippen LogP contribution in [-0.2, 0) is 42.1 Å². The van der Waals surface area contributed by atoms with Crippen LogP contribution in [0.5, 0.6) is 0 Å². The Morgan fingerprint density at radius 1 is 0.807 bits per heavy atom. The van der Waals surface area contributed by atoms with Crippen LogP contribution in [0, 0.1) is 12.8 Å². The number of ether oxygens (including phenoxy) is 2. The van der Waals surface area contributed by atoms with Gasteiger partial charge in [-0.3, -0.25) is 14.9 Å². The number of sulfone groups is 1. The molecule has 302 valence electrons. The number of alkyl carbamates (subject to hydrolysis) is 1. The number of anilines is 2. The third-order valence-corrected chi connectivity index (χ3v) is 10.9. The summed E-state index contributed by atoms with van der Waals surface area (Å²) in [6.45, 7) is 1.71. The Bertz CT molecular complexity index is 2230. The maximum absolute atomic E-state index is 13.8. The lowest BCUT2D eigenvalue weighted by atomic mass is 9.92. The Morgan fingerprint density at radius 3 is 2.14 bits per heavy atom. The number of rotatable bonds is 15. The summed E-state index contributed by atoms with van der Waals surface area (Å²) in [5, 5.41) is 13.8. The molecule has 2 atom stereocenters. The largest absolute Gasteiger partial charge is 0.445 e. The zero-order chi connectivity index (χ0) is 41.0. The maximum atomic E-state index is 13.8. The molecule has 0 saturated carbocycles. The number of urea groups is 1. The van der Waals surface area contributed by atoms with Gasteiger partial charge >= 0.3 is 23.8 Å². The highest BCUT2D eigenvalue weighted by molar-refractivity contribution is 7.91. The molecule has 2 heterocycles. The second kappa shape index (κ2) is 19.4. The van der Waals surface area contributed by atoms with Crippen LogP contribution in [0.1, 0.15) is 42.4 Å². The van der Waals surface area contributed by atoms with Gasteiger partial charge in [0.15, 0.2) is 0 Å². The first-order valence-electron chi connectivity index (χ1n) is 18.1. The molecule has 1 fully saturated rings. The summed E-state index contributed by atoms with van der Waals surface area (Å²) in [6.07, 6.45) is -1.12. The number of fused-ring (bicyclic) bond motifs is 1. The van der Waals surface area contributed by atoms with Crippen molar-refractivity contribution in [2.24, 2.45) is 11.7 Å². The van der Waals surface area contributed by atoms with Gasteiger partial charge in [0.2, 0.25) is 11.8 Å². The van der Waals surface area contributed by atoms with Gasteiger partial charge in [-0.05, 0) is 79.5 Å². The first-order chi connectivity index (χ1) is 27.2. The molecule has 1 unspecified atom stereocenters. The average molecular weight is 805 g/mol. The fourth-order valence-electron chi connectivity index (χ4n) is 6.20. The van der Waals surface area contributed by atoms with Gasteiger partial charge in [-0.15, -0.1) is 0 Å². The average Bonchev–Trinajstić information content (AvgIpc) is 3.17. The fourth-order valence-corrected chi connectivity index (χ4v) is 7.73. The minimum Gasteiger partial charge on any atom is -0.445 e. The number of nitrogens with two attached hydrogens (primary N) is 1. The lowest BCUT2D eigenvalue weighted by Crippen LogP contribution is -2.56. The van der Waals surface area contributed by atoms with Gasteiger partial charge in [-0.2, -0.15) is 0 Å². The van der Waals surface area contributed by atoms with E-state index >= 15 is 0 Å². The minimum absolute atomic E-state index is 0.0616. The molecule has 7 N–H and O–H groups in total. The van der Waals surface area contributed by atoms with Crippen molar-refractivity contribution in [1.29, 1.82) is 0 Å². The van der Waals surface area contributed by atoms with Crippen molar-refractivity contribution in [3.63, 3.8) is 0 Å². The predicted octanol–water partition coefficient (Wildman–Crippen LogP) is 3.84.